The van der Waals surface area contributed by atoms with Gasteiger partial charge in [0.05, 0.1) is 12.0 Å². The number of hydrogen-bond donors (Lipinski definition) is 1. The summed E-state index contributed by atoms with van der Waals surface area (Å²) < 4.78 is 18.0. The topological polar surface area (TPSA) is 55.4 Å². The summed E-state index contributed by atoms with van der Waals surface area (Å²) in [6, 6.07) is 9.81. The van der Waals surface area contributed by atoms with Gasteiger partial charge in [-0.05, 0) is 23.8 Å². The predicted molar refractivity (Wildman–Crippen MR) is 90.6 cm³/mol. The molecule has 1 heterocycles. The molecule has 0 bridgehead atoms. The Morgan fingerprint density at radius 1 is 1.22 bits per heavy atom. The number of ether oxygens (including phenoxy) is 1. The van der Waals surface area contributed by atoms with Crippen molar-refractivity contribution in [1.29, 1.82) is 0 Å². The molecule has 0 aliphatic rings. The normalized spacial score (nSPS) is 10.3. The molecular weight excluding hydrogens is 337 g/mol. The number of esters is 1. The number of hydrogen-bond acceptors (Lipinski definition) is 5. The molecule has 122 valence electrons. The number of methoxy groups -OCH3 is 1. The van der Waals surface area contributed by atoms with Gasteiger partial charge in [0.25, 0.3) is 5.91 Å². The number of nitrogens with one attached hydrogen (secondary N) is 1. The van der Waals surface area contributed by atoms with Crippen molar-refractivity contribution in [2.75, 3.05) is 19.4 Å². The van der Waals surface area contributed by atoms with Crippen LogP contribution < -0.4 is 5.32 Å². The van der Waals surface area contributed by atoms with Gasteiger partial charge in [-0.2, -0.15) is 11.8 Å². The van der Waals surface area contributed by atoms with E-state index in [2.05, 4.69) is 10.1 Å². The first kappa shape index (κ1) is 17.5. The maximum Gasteiger partial charge on any atom is 0.348 e. The second kappa shape index (κ2) is 8.69. The van der Waals surface area contributed by atoms with E-state index in [0.717, 1.165) is 11.3 Å². The highest BCUT2D eigenvalue weighted by Gasteiger charge is 2.13. The minimum Gasteiger partial charge on any atom is -0.465 e. The van der Waals surface area contributed by atoms with E-state index in [1.165, 1.54) is 13.2 Å². The number of thiophene rings is 1. The van der Waals surface area contributed by atoms with E-state index in [1.807, 2.05) is 0 Å². The molecule has 1 N–H and O–H groups in total. The van der Waals surface area contributed by atoms with E-state index < -0.39 is 5.97 Å². The number of carbonyl (C=O) groups excluding carboxylic acids is 2. The second-order valence-electron chi connectivity index (χ2n) is 4.56. The van der Waals surface area contributed by atoms with Gasteiger partial charge in [-0.3, -0.25) is 4.79 Å². The quantitative estimate of drug-likeness (QED) is 0.613. The number of thioether (sulfide) groups is 1. The number of carbonyl (C=O) groups is 2. The van der Waals surface area contributed by atoms with Crippen molar-refractivity contribution in [1.82, 2.24) is 5.32 Å². The molecule has 1 aromatic heterocycles. The first-order chi connectivity index (χ1) is 11.1. The Morgan fingerprint density at radius 3 is 2.70 bits per heavy atom. The Balaban J connectivity index is 1.72. The molecule has 1 amide bonds. The van der Waals surface area contributed by atoms with Crippen LogP contribution in [0.2, 0.25) is 0 Å². The zero-order valence-electron chi connectivity index (χ0n) is 12.5. The molecule has 0 aliphatic heterocycles. The maximum atomic E-state index is 13.4. The predicted octanol–water partition coefficient (Wildman–Crippen LogP) is 3.34. The standard InChI is InChI=1S/C16H16FNO3S2/c1-21-16(20)14-7-6-13(23-14)15(19)18-8-9-22-10-11-4-2-3-5-12(11)17/h2-7H,8-10H2,1H3,(H,18,19). The number of amides is 1. The van der Waals surface area contributed by atoms with Gasteiger partial charge in [-0.25, -0.2) is 9.18 Å². The summed E-state index contributed by atoms with van der Waals surface area (Å²) in [5, 5.41) is 2.77. The second-order valence-corrected chi connectivity index (χ2v) is 6.74. The van der Waals surface area contributed by atoms with Gasteiger partial charge in [0.1, 0.15) is 10.7 Å². The Bertz CT molecular complexity index is 687. The van der Waals surface area contributed by atoms with Gasteiger partial charge >= 0.3 is 5.97 Å². The van der Waals surface area contributed by atoms with Crippen LogP contribution in [0.5, 0.6) is 0 Å². The molecule has 4 nitrogen and oxygen atoms in total. The van der Waals surface area contributed by atoms with Crippen LogP contribution in [0.1, 0.15) is 24.9 Å². The van der Waals surface area contributed by atoms with Crippen LogP contribution in [0.15, 0.2) is 36.4 Å². The lowest BCUT2D eigenvalue weighted by Gasteiger charge is -2.05. The SMILES string of the molecule is COC(=O)c1ccc(C(=O)NCCSCc2ccccc2F)s1. The summed E-state index contributed by atoms with van der Waals surface area (Å²) in [5.41, 5.74) is 0.657. The zero-order chi connectivity index (χ0) is 16.7. The van der Waals surface area contributed by atoms with Gasteiger partial charge in [-0.15, -0.1) is 11.3 Å². The van der Waals surface area contributed by atoms with E-state index >= 15 is 0 Å². The molecule has 0 fully saturated rings. The molecular formula is C16H16FNO3S2. The van der Waals surface area contributed by atoms with Crippen LogP contribution >= 0.6 is 23.1 Å². The number of benzene rings is 1. The third-order valence-electron chi connectivity index (χ3n) is 2.96. The van der Waals surface area contributed by atoms with E-state index in [-0.39, 0.29) is 11.7 Å². The largest absolute Gasteiger partial charge is 0.465 e. The molecule has 2 aromatic rings. The van der Waals surface area contributed by atoms with Gasteiger partial charge in [-0.1, -0.05) is 18.2 Å². The highest BCUT2D eigenvalue weighted by Crippen LogP contribution is 2.17. The smallest absolute Gasteiger partial charge is 0.348 e. The summed E-state index contributed by atoms with van der Waals surface area (Å²) >= 11 is 2.64. The third kappa shape index (κ3) is 5.07. The first-order valence-electron chi connectivity index (χ1n) is 6.89. The van der Waals surface area contributed by atoms with E-state index in [1.54, 1.807) is 42.1 Å². The van der Waals surface area contributed by atoms with Crippen LogP contribution in [0.25, 0.3) is 0 Å². The van der Waals surface area contributed by atoms with Crippen molar-refractivity contribution >= 4 is 35.0 Å². The molecule has 2 rings (SSSR count). The van der Waals surface area contributed by atoms with Crippen LogP contribution in [0.3, 0.4) is 0 Å². The molecule has 7 heteroatoms. The van der Waals surface area contributed by atoms with Gasteiger partial charge in [0.15, 0.2) is 0 Å². The van der Waals surface area contributed by atoms with E-state index in [9.17, 15) is 14.0 Å². The Hall–Kier alpha value is -1.86. The van der Waals surface area contributed by atoms with Crippen LogP contribution in [-0.2, 0) is 10.5 Å². The molecule has 0 unspecified atom stereocenters. The molecule has 0 saturated heterocycles. The Labute approximate surface area is 142 Å². The molecule has 0 saturated carbocycles. The molecule has 0 radical (unpaired) electrons. The van der Waals surface area contributed by atoms with Crippen molar-refractivity contribution in [3.8, 4) is 0 Å². The Kier molecular flexibility index (Phi) is 6.61. The van der Waals surface area contributed by atoms with Crippen molar-refractivity contribution in [2.24, 2.45) is 0 Å². The third-order valence-corrected chi connectivity index (χ3v) is 5.04. The first-order valence-corrected chi connectivity index (χ1v) is 8.86. The maximum absolute atomic E-state index is 13.4. The van der Waals surface area contributed by atoms with Crippen LogP contribution in [-0.4, -0.2) is 31.3 Å². The van der Waals surface area contributed by atoms with E-state index in [4.69, 9.17) is 0 Å². The summed E-state index contributed by atoms with van der Waals surface area (Å²) in [7, 11) is 1.30. The number of rotatable bonds is 7. The van der Waals surface area contributed by atoms with Crippen LogP contribution in [0, 0.1) is 5.82 Å². The minimum atomic E-state index is -0.450. The zero-order valence-corrected chi connectivity index (χ0v) is 14.1. The fourth-order valence-electron chi connectivity index (χ4n) is 1.79. The molecule has 0 aliphatic carbocycles. The van der Waals surface area contributed by atoms with Gasteiger partial charge < -0.3 is 10.1 Å². The monoisotopic (exact) mass is 353 g/mol. The molecule has 0 spiro atoms. The number of halogens is 1. The molecule has 0 atom stereocenters. The van der Waals surface area contributed by atoms with Gasteiger partial charge in [0.2, 0.25) is 0 Å². The van der Waals surface area contributed by atoms with E-state index in [0.29, 0.717) is 33.4 Å². The summed E-state index contributed by atoms with van der Waals surface area (Å²) in [6.07, 6.45) is 0. The van der Waals surface area contributed by atoms with Crippen molar-refractivity contribution in [3.05, 3.63) is 57.5 Å². The fraction of sp³-hybridized carbons (Fsp3) is 0.250. The highest BCUT2D eigenvalue weighted by molar-refractivity contribution is 7.98. The summed E-state index contributed by atoms with van der Waals surface area (Å²) in [5.74, 6) is 0.354. The highest BCUT2D eigenvalue weighted by atomic mass is 32.2. The molecule has 1 aromatic carbocycles. The lowest BCUT2D eigenvalue weighted by molar-refractivity contribution is 0.0606. The van der Waals surface area contributed by atoms with Crippen molar-refractivity contribution < 1.29 is 18.7 Å². The van der Waals surface area contributed by atoms with Crippen LogP contribution in [0.4, 0.5) is 4.39 Å². The Morgan fingerprint density at radius 2 is 1.96 bits per heavy atom. The lowest BCUT2D eigenvalue weighted by atomic mass is 10.2. The van der Waals surface area contributed by atoms with Gasteiger partial charge in [0, 0.05) is 18.1 Å². The van der Waals surface area contributed by atoms with Crippen molar-refractivity contribution in [3.63, 3.8) is 0 Å². The summed E-state index contributed by atoms with van der Waals surface area (Å²) in [6.45, 7) is 0.476. The molecule has 23 heavy (non-hydrogen) atoms. The summed E-state index contributed by atoms with van der Waals surface area (Å²) in [4.78, 5) is 24.1. The fourth-order valence-corrected chi connectivity index (χ4v) is 3.48. The minimum absolute atomic E-state index is 0.210. The van der Waals surface area contributed by atoms with Crippen molar-refractivity contribution in [2.45, 2.75) is 5.75 Å². The average molecular weight is 353 g/mol. The lowest BCUT2D eigenvalue weighted by Crippen LogP contribution is -2.24. The average Bonchev–Trinajstić information content (AvgIpc) is 3.05.